The van der Waals surface area contributed by atoms with Gasteiger partial charge in [-0.15, -0.1) is 0 Å². The molecule has 1 fully saturated rings. The summed E-state index contributed by atoms with van der Waals surface area (Å²) < 4.78 is 32.0. The zero-order valence-electron chi connectivity index (χ0n) is 15.7. The monoisotopic (exact) mass is 398 g/mol. The van der Waals surface area contributed by atoms with Crippen molar-refractivity contribution < 1.29 is 27.9 Å². The van der Waals surface area contributed by atoms with Gasteiger partial charge < -0.3 is 15.2 Å². The van der Waals surface area contributed by atoms with E-state index in [4.69, 9.17) is 4.74 Å². The molecule has 1 heterocycles. The lowest BCUT2D eigenvalue weighted by Gasteiger charge is -2.32. The molecule has 2 rings (SSSR count). The summed E-state index contributed by atoms with van der Waals surface area (Å²) in [7, 11) is -2.23. The van der Waals surface area contributed by atoms with Crippen LogP contribution in [0.4, 0.5) is 0 Å². The fourth-order valence-corrected chi connectivity index (χ4v) is 4.58. The van der Waals surface area contributed by atoms with Gasteiger partial charge in [-0.05, 0) is 43.0 Å². The summed E-state index contributed by atoms with van der Waals surface area (Å²) >= 11 is 0. The number of carboxylic acid groups (broad SMARTS) is 1. The first-order valence-electron chi connectivity index (χ1n) is 8.84. The van der Waals surface area contributed by atoms with E-state index in [0.717, 1.165) is 0 Å². The highest BCUT2D eigenvalue weighted by Crippen LogP contribution is 2.25. The summed E-state index contributed by atoms with van der Waals surface area (Å²) in [5.74, 6) is -1.82. The van der Waals surface area contributed by atoms with Crippen LogP contribution in [0.25, 0.3) is 0 Å². The second-order valence-electron chi connectivity index (χ2n) is 6.95. The number of benzene rings is 1. The molecule has 1 amide bonds. The molecule has 0 bridgehead atoms. The summed E-state index contributed by atoms with van der Waals surface area (Å²) in [6.45, 7) is 3.77. The second-order valence-corrected chi connectivity index (χ2v) is 8.88. The number of rotatable bonds is 7. The van der Waals surface area contributed by atoms with E-state index in [2.05, 4.69) is 5.32 Å². The highest BCUT2D eigenvalue weighted by Gasteiger charge is 2.35. The Bertz CT molecular complexity index is 776. The van der Waals surface area contributed by atoms with Gasteiger partial charge >= 0.3 is 5.97 Å². The SMILES string of the molecule is COc1ccc(S(=O)(=O)N2CCC[C@H](C(=O)N[C@H](C(=O)O)C(C)C)C2)cc1. The van der Waals surface area contributed by atoms with Crippen molar-refractivity contribution in [3.8, 4) is 5.75 Å². The molecular formula is C18H26N2O6S. The van der Waals surface area contributed by atoms with Gasteiger partial charge in [0.05, 0.1) is 17.9 Å². The molecule has 8 nitrogen and oxygen atoms in total. The maximum atomic E-state index is 12.9. The largest absolute Gasteiger partial charge is 0.497 e. The fourth-order valence-electron chi connectivity index (χ4n) is 3.06. The van der Waals surface area contributed by atoms with Crippen molar-refractivity contribution in [1.82, 2.24) is 9.62 Å². The Morgan fingerprint density at radius 3 is 2.41 bits per heavy atom. The van der Waals surface area contributed by atoms with Crippen LogP contribution in [0.2, 0.25) is 0 Å². The van der Waals surface area contributed by atoms with Gasteiger partial charge in [0.25, 0.3) is 0 Å². The molecule has 0 unspecified atom stereocenters. The molecule has 2 atom stereocenters. The molecule has 1 aliphatic heterocycles. The number of carbonyl (C=O) groups is 2. The molecule has 2 N–H and O–H groups in total. The molecule has 0 saturated carbocycles. The molecule has 1 aliphatic rings. The first-order valence-corrected chi connectivity index (χ1v) is 10.3. The van der Waals surface area contributed by atoms with Crippen LogP contribution in [-0.2, 0) is 19.6 Å². The lowest BCUT2D eigenvalue weighted by atomic mass is 9.97. The summed E-state index contributed by atoms with van der Waals surface area (Å²) in [5.41, 5.74) is 0. The number of sulfonamides is 1. The van der Waals surface area contributed by atoms with Gasteiger partial charge in [-0.1, -0.05) is 13.8 Å². The van der Waals surface area contributed by atoms with Crippen molar-refractivity contribution in [2.45, 2.75) is 37.6 Å². The normalized spacial score (nSPS) is 19.5. The molecule has 27 heavy (non-hydrogen) atoms. The van der Waals surface area contributed by atoms with E-state index in [1.54, 1.807) is 26.0 Å². The Kier molecular flexibility index (Phi) is 6.83. The first kappa shape index (κ1) is 21.2. The smallest absolute Gasteiger partial charge is 0.326 e. The predicted molar refractivity (Wildman–Crippen MR) is 98.9 cm³/mol. The van der Waals surface area contributed by atoms with Crippen molar-refractivity contribution in [1.29, 1.82) is 0 Å². The van der Waals surface area contributed by atoms with Crippen LogP contribution in [0.15, 0.2) is 29.2 Å². The predicted octanol–water partition coefficient (Wildman–Crippen LogP) is 1.32. The third-order valence-electron chi connectivity index (χ3n) is 4.68. The molecule has 1 aromatic rings. The van der Waals surface area contributed by atoms with Gasteiger partial charge in [0.2, 0.25) is 15.9 Å². The minimum Gasteiger partial charge on any atom is -0.497 e. The first-order chi connectivity index (χ1) is 12.7. The number of hydrogen-bond donors (Lipinski definition) is 2. The zero-order chi connectivity index (χ0) is 20.2. The van der Waals surface area contributed by atoms with E-state index >= 15 is 0 Å². The Hall–Kier alpha value is -2.13. The number of piperidine rings is 1. The Morgan fingerprint density at radius 2 is 1.89 bits per heavy atom. The third kappa shape index (κ3) is 4.98. The van der Waals surface area contributed by atoms with E-state index in [9.17, 15) is 23.1 Å². The number of ether oxygens (including phenoxy) is 1. The van der Waals surface area contributed by atoms with Crippen molar-refractivity contribution in [3.63, 3.8) is 0 Å². The van der Waals surface area contributed by atoms with E-state index in [0.29, 0.717) is 25.1 Å². The highest BCUT2D eigenvalue weighted by atomic mass is 32.2. The number of nitrogens with one attached hydrogen (secondary N) is 1. The van der Waals surface area contributed by atoms with Crippen LogP contribution < -0.4 is 10.1 Å². The van der Waals surface area contributed by atoms with Gasteiger partial charge in [-0.25, -0.2) is 13.2 Å². The summed E-state index contributed by atoms with van der Waals surface area (Å²) in [6.07, 6.45) is 1.05. The molecule has 1 aromatic carbocycles. The molecule has 0 aromatic heterocycles. The number of carboxylic acids is 1. The fraction of sp³-hybridized carbons (Fsp3) is 0.556. The van der Waals surface area contributed by atoms with Crippen LogP contribution in [0.5, 0.6) is 5.75 Å². The molecule has 0 radical (unpaired) electrons. The van der Waals surface area contributed by atoms with Gasteiger partial charge in [-0.2, -0.15) is 4.31 Å². The number of aliphatic carboxylic acids is 1. The van der Waals surface area contributed by atoms with E-state index in [-0.39, 0.29) is 17.4 Å². The van der Waals surface area contributed by atoms with Gasteiger partial charge in [-0.3, -0.25) is 4.79 Å². The molecule has 0 aliphatic carbocycles. The number of amides is 1. The van der Waals surface area contributed by atoms with Crippen molar-refractivity contribution in [2.75, 3.05) is 20.2 Å². The molecule has 9 heteroatoms. The molecular weight excluding hydrogens is 372 g/mol. The van der Waals surface area contributed by atoms with Gasteiger partial charge in [0.15, 0.2) is 0 Å². The number of methoxy groups -OCH3 is 1. The average Bonchev–Trinajstić information content (AvgIpc) is 2.65. The Morgan fingerprint density at radius 1 is 1.26 bits per heavy atom. The van der Waals surface area contributed by atoms with Gasteiger partial charge in [0.1, 0.15) is 11.8 Å². The van der Waals surface area contributed by atoms with Crippen LogP contribution in [0.3, 0.4) is 0 Å². The van der Waals surface area contributed by atoms with Crippen LogP contribution in [0, 0.1) is 11.8 Å². The quantitative estimate of drug-likeness (QED) is 0.716. The highest BCUT2D eigenvalue weighted by molar-refractivity contribution is 7.89. The third-order valence-corrected chi connectivity index (χ3v) is 6.56. The second kappa shape index (κ2) is 8.71. The van der Waals surface area contributed by atoms with E-state index in [1.807, 2.05) is 0 Å². The molecule has 0 spiro atoms. The van der Waals surface area contributed by atoms with Crippen molar-refractivity contribution >= 4 is 21.9 Å². The van der Waals surface area contributed by atoms with Crippen molar-refractivity contribution in [3.05, 3.63) is 24.3 Å². The summed E-state index contributed by atoms with van der Waals surface area (Å²) in [6, 6.07) is 5.09. The standard InChI is InChI=1S/C18H26N2O6S/c1-12(2)16(18(22)23)19-17(21)13-5-4-10-20(11-13)27(24,25)15-8-6-14(26-3)7-9-15/h6-9,12-13,16H,4-5,10-11H2,1-3H3,(H,19,21)(H,22,23)/t13-,16-/m0/s1. The Labute approximate surface area is 159 Å². The Balaban J connectivity index is 2.12. The lowest BCUT2D eigenvalue weighted by molar-refractivity contribution is -0.144. The summed E-state index contributed by atoms with van der Waals surface area (Å²) in [4.78, 5) is 23.9. The molecule has 150 valence electrons. The van der Waals surface area contributed by atoms with Crippen LogP contribution >= 0.6 is 0 Å². The number of carbonyl (C=O) groups excluding carboxylic acids is 1. The van der Waals surface area contributed by atoms with Crippen LogP contribution in [-0.4, -0.2) is 55.9 Å². The maximum Gasteiger partial charge on any atom is 0.326 e. The van der Waals surface area contributed by atoms with E-state index in [1.165, 1.54) is 23.5 Å². The van der Waals surface area contributed by atoms with E-state index < -0.39 is 33.9 Å². The maximum absolute atomic E-state index is 12.9. The minimum absolute atomic E-state index is 0.0324. The minimum atomic E-state index is -3.73. The average molecular weight is 398 g/mol. The zero-order valence-corrected chi connectivity index (χ0v) is 16.5. The lowest BCUT2D eigenvalue weighted by Crippen LogP contribution is -2.50. The van der Waals surface area contributed by atoms with Gasteiger partial charge in [0, 0.05) is 13.1 Å². The molecule has 1 saturated heterocycles. The topological polar surface area (TPSA) is 113 Å². The van der Waals surface area contributed by atoms with Crippen LogP contribution in [0.1, 0.15) is 26.7 Å². The number of hydrogen-bond acceptors (Lipinski definition) is 5. The summed E-state index contributed by atoms with van der Waals surface area (Å²) in [5, 5.41) is 11.8. The number of nitrogens with zero attached hydrogens (tertiary/aromatic N) is 1. The van der Waals surface area contributed by atoms with Crippen molar-refractivity contribution in [2.24, 2.45) is 11.8 Å².